The summed E-state index contributed by atoms with van der Waals surface area (Å²) in [7, 11) is 0. The van der Waals surface area contributed by atoms with Gasteiger partial charge in [0, 0.05) is 10.7 Å². The molecule has 0 spiro atoms. The van der Waals surface area contributed by atoms with Crippen molar-refractivity contribution in [2.24, 2.45) is 0 Å². The number of carbonyl (C=O) groups is 1. The number of hydrogen-bond donors (Lipinski definition) is 1. The van der Waals surface area contributed by atoms with Crippen molar-refractivity contribution in [2.75, 3.05) is 5.32 Å². The number of nitriles is 1. The van der Waals surface area contributed by atoms with Gasteiger partial charge in [0.05, 0.1) is 0 Å². The first-order chi connectivity index (χ1) is 10.1. The molecular formula is C16H10ClFN2O. The molecule has 2 aromatic rings. The molecule has 0 aliphatic rings. The fraction of sp³-hybridized carbons (Fsp3) is 0. The molecule has 0 fully saturated rings. The zero-order valence-electron chi connectivity index (χ0n) is 10.8. The first kappa shape index (κ1) is 14.8. The first-order valence-corrected chi connectivity index (χ1v) is 6.40. The van der Waals surface area contributed by atoms with Gasteiger partial charge in [-0.3, -0.25) is 4.79 Å². The van der Waals surface area contributed by atoms with Gasteiger partial charge >= 0.3 is 0 Å². The molecule has 1 amide bonds. The molecule has 0 radical (unpaired) electrons. The van der Waals surface area contributed by atoms with E-state index in [1.54, 1.807) is 24.3 Å². The SMILES string of the molecule is N#CC(=Cc1ccc(F)cc1)C(=O)Nc1ccc(Cl)cc1. The molecule has 0 bridgehead atoms. The maximum absolute atomic E-state index is 12.8. The fourth-order valence-electron chi connectivity index (χ4n) is 1.61. The molecule has 0 unspecified atom stereocenters. The van der Waals surface area contributed by atoms with Crippen molar-refractivity contribution < 1.29 is 9.18 Å². The van der Waals surface area contributed by atoms with Gasteiger partial charge in [0.2, 0.25) is 0 Å². The number of rotatable bonds is 3. The molecule has 3 nitrogen and oxygen atoms in total. The smallest absolute Gasteiger partial charge is 0.266 e. The van der Waals surface area contributed by atoms with Crippen LogP contribution in [0.4, 0.5) is 10.1 Å². The van der Waals surface area contributed by atoms with E-state index in [0.717, 1.165) is 0 Å². The summed E-state index contributed by atoms with van der Waals surface area (Å²) in [6, 6.07) is 13.9. The van der Waals surface area contributed by atoms with Crippen molar-refractivity contribution in [3.63, 3.8) is 0 Å². The summed E-state index contributed by atoms with van der Waals surface area (Å²) >= 11 is 5.75. The summed E-state index contributed by atoms with van der Waals surface area (Å²) in [5, 5.41) is 12.2. The molecule has 104 valence electrons. The zero-order chi connectivity index (χ0) is 15.2. The summed E-state index contributed by atoms with van der Waals surface area (Å²) < 4.78 is 12.8. The van der Waals surface area contributed by atoms with E-state index in [1.165, 1.54) is 30.3 Å². The molecule has 0 saturated heterocycles. The van der Waals surface area contributed by atoms with E-state index in [9.17, 15) is 9.18 Å². The van der Waals surface area contributed by atoms with Crippen LogP contribution in [0.25, 0.3) is 6.08 Å². The summed E-state index contributed by atoms with van der Waals surface area (Å²) in [4.78, 5) is 12.0. The van der Waals surface area contributed by atoms with Crippen LogP contribution in [0.2, 0.25) is 5.02 Å². The van der Waals surface area contributed by atoms with Gasteiger partial charge < -0.3 is 5.32 Å². The number of halogens is 2. The van der Waals surface area contributed by atoms with E-state index in [1.807, 2.05) is 6.07 Å². The molecule has 0 aliphatic heterocycles. The van der Waals surface area contributed by atoms with Crippen LogP contribution in [-0.4, -0.2) is 5.91 Å². The highest BCUT2D eigenvalue weighted by atomic mass is 35.5. The van der Waals surface area contributed by atoms with Gasteiger partial charge in [-0.15, -0.1) is 0 Å². The van der Waals surface area contributed by atoms with Crippen LogP contribution in [0, 0.1) is 17.1 Å². The van der Waals surface area contributed by atoms with Crippen molar-refractivity contribution in [3.05, 3.63) is 70.5 Å². The van der Waals surface area contributed by atoms with Gasteiger partial charge in [0.15, 0.2) is 0 Å². The number of benzene rings is 2. The van der Waals surface area contributed by atoms with Crippen LogP contribution in [-0.2, 0) is 4.79 Å². The predicted octanol–water partition coefficient (Wildman–Crippen LogP) is 4.02. The van der Waals surface area contributed by atoms with Gasteiger partial charge in [-0.25, -0.2) is 4.39 Å². The van der Waals surface area contributed by atoms with E-state index < -0.39 is 5.91 Å². The third-order valence-corrected chi connectivity index (χ3v) is 2.90. The lowest BCUT2D eigenvalue weighted by molar-refractivity contribution is -0.112. The van der Waals surface area contributed by atoms with Crippen LogP contribution >= 0.6 is 11.6 Å². The molecule has 2 rings (SSSR count). The molecule has 0 heterocycles. The largest absolute Gasteiger partial charge is 0.321 e. The van der Waals surface area contributed by atoms with Crippen molar-refractivity contribution in [1.82, 2.24) is 0 Å². The van der Waals surface area contributed by atoms with Crippen LogP contribution in [0.1, 0.15) is 5.56 Å². The lowest BCUT2D eigenvalue weighted by Crippen LogP contribution is -2.13. The second-order valence-electron chi connectivity index (χ2n) is 4.18. The monoisotopic (exact) mass is 300 g/mol. The maximum Gasteiger partial charge on any atom is 0.266 e. The van der Waals surface area contributed by atoms with Crippen molar-refractivity contribution in [1.29, 1.82) is 5.26 Å². The minimum atomic E-state index is -0.538. The number of hydrogen-bond acceptors (Lipinski definition) is 2. The molecule has 1 N–H and O–H groups in total. The summed E-state index contributed by atoms with van der Waals surface area (Å²) in [6.07, 6.45) is 1.39. The molecule has 21 heavy (non-hydrogen) atoms. The van der Waals surface area contributed by atoms with Crippen molar-refractivity contribution in [2.45, 2.75) is 0 Å². The molecule has 2 aromatic carbocycles. The van der Waals surface area contributed by atoms with E-state index in [-0.39, 0.29) is 11.4 Å². The van der Waals surface area contributed by atoms with Gasteiger partial charge in [-0.2, -0.15) is 5.26 Å². The lowest BCUT2D eigenvalue weighted by atomic mass is 10.1. The Hall–Kier alpha value is -2.64. The standard InChI is InChI=1S/C16H10ClFN2O/c17-13-3-7-15(8-4-13)20-16(21)12(10-19)9-11-1-5-14(18)6-2-11/h1-9H,(H,20,21). The highest BCUT2D eigenvalue weighted by Gasteiger charge is 2.09. The second kappa shape index (κ2) is 6.69. The minimum Gasteiger partial charge on any atom is -0.321 e. The van der Waals surface area contributed by atoms with Crippen molar-refractivity contribution in [3.8, 4) is 6.07 Å². The average molecular weight is 301 g/mol. The normalized spacial score (nSPS) is 10.8. The Kier molecular flexibility index (Phi) is 4.70. The molecule has 0 aliphatic carbocycles. The Balaban J connectivity index is 2.17. The second-order valence-corrected chi connectivity index (χ2v) is 4.62. The third-order valence-electron chi connectivity index (χ3n) is 2.65. The third kappa shape index (κ3) is 4.16. The maximum atomic E-state index is 12.8. The Labute approximate surface area is 126 Å². The number of carbonyl (C=O) groups excluding carboxylic acids is 1. The number of anilines is 1. The van der Waals surface area contributed by atoms with Gasteiger partial charge in [-0.05, 0) is 48.0 Å². The van der Waals surface area contributed by atoms with E-state index in [4.69, 9.17) is 16.9 Å². The van der Waals surface area contributed by atoms with Crippen LogP contribution in [0.5, 0.6) is 0 Å². The van der Waals surface area contributed by atoms with E-state index in [0.29, 0.717) is 16.3 Å². The molecule has 0 saturated carbocycles. The number of nitrogens with zero attached hydrogens (tertiary/aromatic N) is 1. The number of amides is 1. The topological polar surface area (TPSA) is 52.9 Å². The summed E-state index contributed by atoms with van der Waals surface area (Å²) in [6.45, 7) is 0. The molecule has 0 aromatic heterocycles. The molecular weight excluding hydrogens is 291 g/mol. The van der Waals surface area contributed by atoms with Gasteiger partial charge in [0.25, 0.3) is 5.91 Å². The molecule has 0 atom stereocenters. The lowest BCUT2D eigenvalue weighted by Gasteiger charge is -2.04. The van der Waals surface area contributed by atoms with Crippen LogP contribution in [0.3, 0.4) is 0 Å². The van der Waals surface area contributed by atoms with Gasteiger partial charge in [-0.1, -0.05) is 23.7 Å². The fourth-order valence-corrected chi connectivity index (χ4v) is 1.73. The predicted molar refractivity (Wildman–Crippen MR) is 80.1 cm³/mol. The Morgan fingerprint density at radius 1 is 1.14 bits per heavy atom. The first-order valence-electron chi connectivity index (χ1n) is 6.03. The average Bonchev–Trinajstić information content (AvgIpc) is 2.49. The van der Waals surface area contributed by atoms with Crippen molar-refractivity contribution >= 4 is 29.3 Å². The molecule has 5 heteroatoms. The van der Waals surface area contributed by atoms with Crippen LogP contribution in [0.15, 0.2) is 54.1 Å². The number of nitrogens with one attached hydrogen (secondary N) is 1. The quantitative estimate of drug-likeness (QED) is 0.687. The minimum absolute atomic E-state index is 0.0726. The van der Waals surface area contributed by atoms with Gasteiger partial charge in [0.1, 0.15) is 17.5 Å². The highest BCUT2D eigenvalue weighted by molar-refractivity contribution is 6.30. The highest BCUT2D eigenvalue weighted by Crippen LogP contribution is 2.15. The van der Waals surface area contributed by atoms with Crippen LogP contribution < -0.4 is 5.32 Å². The zero-order valence-corrected chi connectivity index (χ0v) is 11.6. The summed E-state index contributed by atoms with van der Waals surface area (Å²) in [5.74, 6) is -0.916. The van der Waals surface area contributed by atoms with E-state index >= 15 is 0 Å². The Morgan fingerprint density at radius 3 is 2.33 bits per heavy atom. The Morgan fingerprint density at radius 2 is 1.76 bits per heavy atom. The summed E-state index contributed by atoms with van der Waals surface area (Å²) in [5.41, 5.74) is 1.03. The van der Waals surface area contributed by atoms with E-state index in [2.05, 4.69) is 5.32 Å². The Bertz CT molecular complexity index is 715.